The number of anilines is 1. The van der Waals surface area contributed by atoms with Crippen molar-refractivity contribution in [3.05, 3.63) is 70.3 Å². The van der Waals surface area contributed by atoms with Gasteiger partial charge < -0.3 is 10.1 Å². The molecule has 2 aromatic carbocycles. The molecule has 0 radical (unpaired) electrons. The van der Waals surface area contributed by atoms with Gasteiger partial charge in [-0.3, -0.25) is 4.79 Å². The van der Waals surface area contributed by atoms with Crippen LogP contribution in [-0.2, 0) is 24.1 Å². The van der Waals surface area contributed by atoms with Crippen molar-refractivity contribution < 1.29 is 9.53 Å². The van der Waals surface area contributed by atoms with Crippen molar-refractivity contribution in [2.24, 2.45) is 0 Å². The summed E-state index contributed by atoms with van der Waals surface area (Å²) < 4.78 is 7.38. The molecule has 1 aliphatic rings. The van der Waals surface area contributed by atoms with Crippen molar-refractivity contribution in [3.63, 3.8) is 0 Å². The zero-order valence-corrected chi connectivity index (χ0v) is 20.0. The van der Waals surface area contributed by atoms with Gasteiger partial charge in [0.25, 0.3) is 0 Å². The Kier molecular flexibility index (Phi) is 5.58. The topological polar surface area (TPSA) is 68.5 Å². The van der Waals surface area contributed by atoms with Gasteiger partial charge in [0.15, 0.2) is 11.5 Å². The van der Waals surface area contributed by atoms with Crippen LogP contribution in [0.2, 0.25) is 0 Å². The fraction of sp³-hybridized carbons (Fsp3) is 0.269. The number of ether oxygens (including phenoxy) is 1. The monoisotopic (exact) mass is 458 g/mol. The molecule has 0 fully saturated rings. The average molecular weight is 459 g/mol. The molecule has 0 spiro atoms. The molecule has 1 aliphatic carbocycles. The highest BCUT2D eigenvalue weighted by Crippen LogP contribution is 2.40. The number of aryl methyl sites for hydroxylation is 2. The van der Waals surface area contributed by atoms with Crippen molar-refractivity contribution >= 4 is 29.1 Å². The molecule has 0 saturated carbocycles. The number of aromatic nitrogens is 3. The highest BCUT2D eigenvalue weighted by molar-refractivity contribution is 7.98. The number of rotatable bonds is 5. The molecule has 0 unspecified atom stereocenters. The predicted octanol–water partition coefficient (Wildman–Crippen LogP) is 5.08. The Bertz CT molecular complexity index is 1380. The normalized spacial score (nSPS) is 12.4. The summed E-state index contributed by atoms with van der Waals surface area (Å²) in [6.07, 6.45) is 4.51. The van der Waals surface area contributed by atoms with Gasteiger partial charge in [-0.1, -0.05) is 29.8 Å². The number of benzene rings is 2. The van der Waals surface area contributed by atoms with E-state index < -0.39 is 0 Å². The molecule has 2 aromatic heterocycles. The van der Waals surface area contributed by atoms with Crippen LogP contribution in [0.15, 0.2) is 47.5 Å². The fourth-order valence-corrected chi connectivity index (χ4v) is 5.13. The van der Waals surface area contributed by atoms with E-state index in [0.717, 1.165) is 51.6 Å². The number of carbonyl (C=O) groups is 1. The standard InChI is InChI=1S/C26H26N4O2S/c1-15-5-7-17(8-6-15)13-22-24(27-16(2)31)29-30-23-20-12-10-19(32-3)14-18(20)9-11-21(23)26(33-4)28-25(22)30/h5-8,10,12,14H,9,11,13H2,1-4H3,(H,27,29,31). The van der Waals surface area contributed by atoms with Crippen molar-refractivity contribution in [1.82, 2.24) is 14.6 Å². The van der Waals surface area contributed by atoms with Gasteiger partial charge in [-0.2, -0.15) is 0 Å². The second-order valence-corrected chi connectivity index (χ2v) is 9.17. The maximum atomic E-state index is 12.0. The number of nitrogens with one attached hydrogen (secondary N) is 1. The van der Waals surface area contributed by atoms with Gasteiger partial charge in [0.05, 0.1) is 12.8 Å². The number of hydrogen-bond acceptors (Lipinski definition) is 5. The average Bonchev–Trinajstić information content (AvgIpc) is 3.14. The molecule has 1 amide bonds. The van der Waals surface area contributed by atoms with E-state index in [4.69, 9.17) is 14.8 Å². The van der Waals surface area contributed by atoms with E-state index in [-0.39, 0.29) is 5.91 Å². The predicted molar refractivity (Wildman–Crippen MR) is 132 cm³/mol. The lowest BCUT2D eigenvalue weighted by Gasteiger charge is -2.22. The summed E-state index contributed by atoms with van der Waals surface area (Å²) in [5.41, 5.74) is 8.69. The third-order valence-electron chi connectivity index (χ3n) is 6.12. The number of amides is 1. The van der Waals surface area contributed by atoms with Crippen molar-refractivity contribution in [3.8, 4) is 17.0 Å². The second kappa shape index (κ2) is 8.56. The lowest BCUT2D eigenvalue weighted by Crippen LogP contribution is -2.12. The van der Waals surface area contributed by atoms with Crippen LogP contribution < -0.4 is 10.1 Å². The zero-order valence-electron chi connectivity index (χ0n) is 19.2. The van der Waals surface area contributed by atoms with E-state index in [1.54, 1.807) is 18.9 Å². The lowest BCUT2D eigenvalue weighted by atomic mass is 9.89. The summed E-state index contributed by atoms with van der Waals surface area (Å²) in [7, 11) is 1.69. The van der Waals surface area contributed by atoms with Gasteiger partial charge in [0.1, 0.15) is 10.8 Å². The molecule has 1 N–H and O–H groups in total. The van der Waals surface area contributed by atoms with Gasteiger partial charge in [-0.15, -0.1) is 16.9 Å². The van der Waals surface area contributed by atoms with Crippen LogP contribution in [0.5, 0.6) is 5.75 Å². The van der Waals surface area contributed by atoms with Gasteiger partial charge in [0, 0.05) is 30.0 Å². The Morgan fingerprint density at radius 3 is 2.67 bits per heavy atom. The van der Waals surface area contributed by atoms with Crippen LogP contribution in [0.4, 0.5) is 5.82 Å². The summed E-state index contributed by atoms with van der Waals surface area (Å²) in [5.74, 6) is 1.27. The molecule has 0 aliphatic heterocycles. The minimum absolute atomic E-state index is 0.146. The molecule has 4 aromatic rings. The Balaban J connectivity index is 1.77. The first-order valence-electron chi connectivity index (χ1n) is 11.0. The third kappa shape index (κ3) is 3.86. The SMILES string of the molecule is COc1ccc2c(c1)CCc1c(SC)nc3c(Cc4ccc(C)cc4)c(NC(C)=O)nn3c1-2. The Morgan fingerprint density at radius 2 is 1.97 bits per heavy atom. The summed E-state index contributed by atoms with van der Waals surface area (Å²) in [6.45, 7) is 3.59. The summed E-state index contributed by atoms with van der Waals surface area (Å²) in [4.78, 5) is 17.1. The Hall–Kier alpha value is -3.32. The number of methoxy groups -OCH3 is 1. The van der Waals surface area contributed by atoms with E-state index in [2.05, 4.69) is 54.9 Å². The van der Waals surface area contributed by atoms with Gasteiger partial charge in [0.2, 0.25) is 5.91 Å². The smallest absolute Gasteiger partial charge is 0.222 e. The molecule has 7 heteroatoms. The maximum absolute atomic E-state index is 12.0. The minimum Gasteiger partial charge on any atom is -0.497 e. The molecular formula is C26H26N4O2S. The van der Waals surface area contributed by atoms with Crippen molar-refractivity contribution in [1.29, 1.82) is 0 Å². The largest absolute Gasteiger partial charge is 0.497 e. The Morgan fingerprint density at radius 1 is 1.18 bits per heavy atom. The van der Waals surface area contributed by atoms with Crippen molar-refractivity contribution in [2.75, 3.05) is 18.7 Å². The maximum Gasteiger partial charge on any atom is 0.222 e. The lowest BCUT2D eigenvalue weighted by molar-refractivity contribution is -0.114. The van der Waals surface area contributed by atoms with Gasteiger partial charge in [-0.05, 0) is 55.3 Å². The van der Waals surface area contributed by atoms with Crippen LogP contribution in [0.25, 0.3) is 16.9 Å². The summed E-state index contributed by atoms with van der Waals surface area (Å²) >= 11 is 1.66. The number of hydrogen-bond donors (Lipinski definition) is 1. The zero-order chi connectivity index (χ0) is 23.1. The first-order valence-corrected chi connectivity index (χ1v) is 12.2. The fourth-order valence-electron chi connectivity index (χ4n) is 4.51. The Labute approximate surface area is 197 Å². The molecular weight excluding hydrogens is 432 g/mol. The number of carbonyl (C=O) groups excluding carboxylic acids is 1. The number of fused-ring (bicyclic) bond motifs is 5. The van der Waals surface area contributed by atoms with E-state index in [9.17, 15) is 4.79 Å². The van der Waals surface area contributed by atoms with Gasteiger partial charge in [-0.25, -0.2) is 9.50 Å². The van der Waals surface area contributed by atoms with Crippen LogP contribution in [-0.4, -0.2) is 33.9 Å². The van der Waals surface area contributed by atoms with Crippen LogP contribution >= 0.6 is 11.8 Å². The number of thioether (sulfide) groups is 1. The molecule has 0 bridgehead atoms. The molecule has 168 valence electrons. The van der Waals surface area contributed by atoms with Crippen LogP contribution in [0, 0.1) is 6.92 Å². The molecule has 0 saturated heterocycles. The quantitative estimate of drug-likeness (QED) is 0.334. The number of nitrogens with zero attached hydrogens (tertiary/aromatic N) is 3. The van der Waals surface area contributed by atoms with Gasteiger partial charge >= 0.3 is 0 Å². The highest BCUT2D eigenvalue weighted by atomic mass is 32.2. The third-order valence-corrected chi connectivity index (χ3v) is 6.85. The van der Waals surface area contributed by atoms with E-state index in [1.165, 1.54) is 23.6 Å². The van der Waals surface area contributed by atoms with E-state index in [1.807, 2.05) is 10.6 Å². The van der Waals surface area contributed by atoms with Crippen LogP contribution in [0.1, 0.15) is 34.7 Å². The second-order valence-electron chi connectivity index (χ2n) is 8.38. The molecule has 5 rings (SSSR count). The summed E-state index contributed by atoms with van der Waals surface area (Å²) in [5, 5.41) is 8.83. The van der Waals surface area contributed by atoms with Crippen molar-refractivity contribution in [2.45, 2.75) is 38.1 Å². The highest BCUT2D eigenvalue weighted by Gasteiger charge is 2.27. The minimum atomic E-state index is -0.146. The first kappa shape index (κ1) is 21.5. The summed E-state index contributed by atoms with van der Waals surface area (Å²) in [6, 6.07) is 14.6. The molecule has 33 heavy (non-hydrogen) atoms. The first-order chi connectivity index (χ1) is 16.0. The van der Waals surface area contributed by atoms with E-state index in [0.29, 0.717) is 12.2 Å². The van der Waals surface area contributed by atoms with E-state index >= 15 is 0 Å². The molecule has 0 atom stereocenters. The molecule has 2 heterocycles. The molecule has 6 nitrogen and oxygen atoms in total. The van der Waals surface area contributed by atoms with Crippen LogP contribution in [0.3, 0.4) is 0 Å².